The molecule has 1 aromatic rings. The average Bonchev–Trinajstić information content (AvgIpc) is 2.58. The van der Waals surface area contributed by atoms with Crippen LogP contribution >= 0.6 is 15.9 Å². The summed E-state index contributed by atoms with van der Waals surface area (Å²) in [5.74, 6) is 1.95. The minimum Gasteiger partial charge on any atom is -0.386 e. The van der Waals surface area contributed by atoms with E-state index in [9.17, 15) is 5.11 Å². The third-order valence-corrected chi connectivity index (χ3v) is 4.51. The van der Waals surface area contributed by atoms with Crippen molar-refractivity contribution < 1.29 is 5.11 Å². The Morgan fingerprint density at radius 1 is 1.47 bits per heavy atom. The molecule has 1 heterocycles. The number of aromatic nitrogens is 3. The standard InChI is InChI=1S/C10H14BrN3O/c1-14-8(10(11)12-13-14)9(15)7-5-3-2-4-6(5)7/h5-7,9,15H,2-4H2,1H3. The van der Waals surface area contributed by atoms with Crippen LogP contribution in [0, 0.1) is 17.8 Å². The molecule has 0 aliphatic heterocycles. The predicted molar refractivity (Wildman–Crippen MR) is 58.0 cm³/mol. The number of nitrogens with zero attached hydrogens (tertiary/aromatic N) is 3. The van der Waals surface area contributed by atoms with Crippen molar-refractivity contribution in [3.05, 3.63) is 10.3 Å². The van der Waals surface area contributed by atoms with Gasteiger partial charge in [0.05, 0.1) is 0 Å². The summed E-state index contributed by atoms with van der Waals surface area (Å²) >= 11 is 3.34. The summed E-state index contributed by atoms with van der Waals surface area (Å²) < 4.78 is 2.35. The van der Waals surface area contributed by atoms with Crippen molar-refractivity contribution in [1.82, 2.24) is 15.0 Å². The quantitative estimate of drug-likeness (QED) is 0.890. The van der Waals surface area contributed by atoms with Crippen LogP contribution in [0.3, 0.4) is 0 Å². The van der Waals surface area contributed by atoms with E-state index in [1.54, 1.807) is 4.68 Å². The Bertz CT molecular complexity index is 363. The van der Waals surface area contributed by atoms with E-state index in [-0.39, 0.29) is 0 Å². The number of rotatable bonds is 2. The van der Waals surface area contributed by atoms with Crippen LogP contribution in [0.15, 0.2) is 4.60 Å². The van der Waals surface area contributed by atoms with Crippen LogP contribution < -0.4 is 0 Å². The third kappa shape index (κ3) is 1.36. The van der Waals surface area contributed by atoms with Crippen molar-refractivity contribution in [1.29, 1.82) is 0 Å². The fraction of sp³-hybridized carbons (Fsp3) is 0.800. The van der Waals surface area contributed by atoms with Gasteiger partial charge in [-0.1, -0.05) is 11.6 Å². The Hall–Kier alpha value is -0.420. The zero-order chi connectivity index (χ0) is 10.6. The first-order valence-corrected chi connectivity index (χ1v) is 6.22. The highest BCUT2D eigenvalue weighted by Crippen LogP contribution is 2.62. The van der Waals surface area contributed by atoms with Crippen molar-refractivity contribution in [2.45, 2.75) is 25.4 Å². The van der Waals surface area contributed by atoms with E-state index < -0.39 is 6.10 Å². The molecule has 2 aliphatic carbocycles. The van der Waals surface area contributed by atoms with Crippen molar-refractivity contribution in [2.24, 2.45) is 24.8 Å². The molecular weight excluding hydrogens is 258 g/mol. The first-order valence-electron chi connectivity index (χ1n) is 5.43. The number of hydrogen-bond acceptors (Lipinski definition) is 3. The van der Waals surface area contributed by atoms with Gasteiger partial charge >= 0.3 is 0 Å². The highest BCUT2D eigenvalue weighted by Gasteiger charge is 2.56. The zero-order valence-corrected chi connectivity index (χ0v) is 10.2. The first-order chi connectivity index (χ1) is 7.20. The molecule has 1 N–H and O–H groups in total. The average molecular weight is 272 g/mol. The molecule has 0 spiro atoms. The van der Waals surface area contributed by atoms with Crippen LogP contribution in [-0.2, 0) is 7.05 Å². The van der Waals surface area contributed by atoms with Crippen LogP contribution in [0.25, 0.3) is 0 Å². The van der Waals surface area contributed by atoms with Gasteiger partial charge in [0.1, 0.15) is 11.8 Å². The van der Waals surface area contributed by atoms with Crippen LogP contribution in [0.1, 0.15) is 31.1 Å². The molecule has 15 heavy (non-hydrogen) atoms. The van der Waals surface area contributed by atoms with E-state index in [0.717, 1.165) is 17.5 Å². The third-order valence-electron chi connectivity index (χ3n) is 3.94. The highest BCUT2D eigenvalue weighted by molar-refractivity contribution is 9.10. The molecule has 0 saturated heterocycles. The Morgan fingerprint density at radius 3 is 2.67 bits per heavy atom. The van der Waals surface area contributed by atoms with Crippen molar-refractivity contribution in [3.8, 4) is 0 Å². The van der Waals surface area contributed by atoms with Crippen LogP contribution in [-0.4, -0.2) is 20.1 Å². The van der Waals surface area contributed by atoms with Crippen molar-refractivity contribution in [2.75, 3.05) is 0 Å². The molecule has 0 radical (unpaired) electrons. The van der Waals surface area contributed by atoms with E-state index in [1.165, 1.54) is 19.3 Å². The molecule has 4 nitrogen and oxygen atoms in total. The number of aliphatic hydroxyl groups is 1. The fourth-order valence-corrected chi connectivity index (χ4v) is 3.74. The molecule has 0 aromatic carbocycles. The van der Waals surface area contributed by atoms with Gasteiger partial charge in [0.15, 0.2) is 4.60 Å². The second-order valence-corrected chi connectivity index (χ2v) is 5.42. The summed E-state index contributed by atoms with van der Waals surface area (Å²) in [6.45, 7) is 0. The first kappa shape index (κ1) is 9.78. The predicted octanol–water partition coefficient (Wildman–Crippen LogP) is 1.66. The maximum Gasteiger partial charge on any atom is 0.154 e. The highest BCUT2D eigenvalue weighted by atomic mass is 79.9. The second kappa shape index (κ2) is 3.28. The smallest absolute Gasteiger partial charge is 0.154 e. The largest absolute Gasteiger partial charge is 0.386 e. The molecule has 3 unspecified atom stereocenters. The molecule has 5 heteroatoms. The van der Waals surface area contributed by atoms with E-state index in [2.05, 4.69) is 26.2 Å². The molecule has 1 aromatic heterocycles. The lowest BCUT2D eigenvalue weighted by Gasteiger charge is -2.12. The maximum absolute atomic E-state index is 10.3. The topological polar surface area (TPSA) is 50.9 Å². The number of fused-ring (bicyclic) bond motifs is 1. The van der Waals surface area contributed by atoms with E-state index >= 15 is 0 Å². The summed E-state index contributed by atoms with van der Waals surface area (Å²) in [5, 5.41) is 18.1. The van der Waals surface area contributed by atoms with E-state index in [4.69, 9.17) is 0 Å². The Kier molecular flexibility index (Phi) is 2.14. The fourth-order valence-electron chi connectivity index (χ4n) is 3.18. The van der Waals surface area contributed by atoms with Crippen molar-refractivity contribution in [3.63, 3.8) is 0 Å². The minimum absolute atomic E-state index is 0.394. The second-order valence-electron chi connectivity index (χ2n) is 4.67. The number of hydrogen-bond donors (Lipinski definition) is 1. The molecule has 2 fully saturated rings. The van der Waals surface area contributed by atoms with Gasteiger partial charge in [0, 0.05) is 7.05 Å². The summed E-state index contributed by atoms with van der Waals surface area (Å²) in [5.41, 5.74) is 0.828. The Labute approximate surface area is 96.8 Å². The minimum atomic E-state index is -0.394. The van der Waals surface area contributed by atoms with Crippen LogP contribution in [0.2, 0.25) is 0 Å². The van der Waals surface area contributed by atoms with Crippen molar-refractivity contribution >= 4 is 15.9 Å². The van der Waals surface area contributed by atoms with Gasteiger partial charge in [-0.05, 0) is 46.5 Å². The molecular formula is C10H14BrN3O. The van der Waals surface area contributed by atoms with Gasteiger partial charge < -0.3 is 5.11 Å². The number of aliphatic hydroxyl groups excluding tert-OH is 1. The Morgan fingerprint density at radius 2 is 2.13 bits per heavy atom. The molecule has 0 bridgehead atoms. The van der Waals surface area contributed by atoms with Gasteiger partial charge in [-0.15, -0.1) is 5.10 Å². The Balaban J connectivity index is 1.83. The summed E-state index contributed by atoms with van der Waals surface area (Å²) in [6, 6.07) is 0. The maximum atomic E-state index is 10.3. The molecule has 2 aliphatic rings. The summed E-state index contributed by atoms with van der Waals surface area (Å²) in [7, 11) is 1.83. The summed E-state index contributed by atoms with van der Waals surface area (Å²) in [6.07, 6.45) is 3.52. The SMILES string of the molecule is Cn1nnc(Br)c1C(O)C1C2CCCC21. The number of aryl methyl sites for hydroxylation is 1. The molecule has 82 valence electrons. The monoisotopic (exact) mass is 271 g/mol. The van der Waals surface area contributed by atoms with Gasteiger partial charge in [0.2, 0.25) is 0 Å². The van der Waals surface area contributed by atoms with Gasteiger partial charge in [0.25, 0.3) is 0 Å². The lowest BCUT2D eigenvalue weighted by atomic mass is 10.0. The van der Waals surface area contributed by atoms with Crippen LogP contribution in [0.4, 0.5) is 0 Å². The molecule has 0 amide bonds. The molecule has 2 saturated carbocycles. The zero-order valence-electron chi connectivity index (χ0n) is 8.60. The van der Waals surface area contributed by atoms with Gasteiger partial charge in [-0.2, -0.15) is 0 Å². The summed E-state index contributed by atoms with van der Waals surface area (Å²) in [4.78, 5) is 0. The van der Waals surface area contributed by atoms with Crippen LogP contribution in [0.5, 0.6) is 0 Å². The normalized spacial score (nSPS) is 35.3. The van der Waals surface area contributed by atoms with Gasteiger partial charge in [-0.25, -0.2) is 4.68 Å². The lowest BCUT2D eigenvalue weighted by Crippen LogP contribution is -2.10. The molecule has 3 rings (SSSR count). The van der Waals surface area contributed by atoms with E-state index in [1.807, 2.05) is 7.05 Å². The van der Waals surface area contributed by atoms with Gasteiger partial charge in [-0.3, -0.25) is 0 Å². The lowest BCUT2D eigenvalue weighted by molar-refractivity contribution is 0.127. The number of halogens is 1. The van der Waals surface area contributed by atoms with E-state index in [0.29, 0.717) is 10.5 Å². The molecule has 3 atom stereocenters.